The van der Waals surface area contributed by atoms with Crippen molar-refractivity contribution in [3.8, 4) is 5.75 Å². The summed E-state index contributed by atoms with van der Waals surface area (Å²) in [6.45, 7) is 22.6. The number of halogens is 2. The number of anilines is 1. The maximum absolute atomic E-state index is 10.7. The van der Waals surface area contributed by atoms with Gasteiger partial charge in [-0.3, -0.25) is 0 Å². The molecule has 8 heteroatoms. The molecule has 5 nitrogen and oxygen atoms in total. The molecule has 43 heavy (non-hydrogen) atoms. The van der Waals surface area contributed by atoms with E-state index in [0.29, 0.717) is 23.1 Å². The first-order valence-corrected chi connectivity index (χ1v) is 20.2. The second-order valence-corrected chi connectivity index (χ2v) is 18.5. The maximum Gasteiger partial charge on any atom is 0.0145 e. The molecule has 0 aliphatic carbocycles. The largest absolute Gasteiger partial charge is 0.517 e. The summed E-state index contributed by atoms with van der Waals surface area (Å²) < 4.78 is 7.17. The topological polar surface area (TPSA) is 55.6 Å². The summed E-state index contributed by atoms with van der Waals surface area (Å²) >= 11 is -2.05. The summed E-state index contributed by atoms with van der Waals surface area (Å²) in [5.74, 6) is 1.58. The minimum atomic E-state index is -2.05. The average Bonchev–Trinajstić information content (AvgIpc) is 3.18. The second-order valence-electron chi connectivity index (χ2n) is 12.8. The average molecular weight is 714 g/mol. The fourth-order valence-electron chi connectivity index (χ4n) is 5.82. The van der Waals surface area contributed by atoms with Crippen LogP contribution < -0.4 is 9.64 Å². The first-order valence-electron chi connectivity index (χ1n) is 14.7. The molecule has 0 saturated carbocycles. The van der Waals surface area contributed by atoms with Gasteiger partial charge in [-0.15, -0.1) is 5.41 Å². The third-order valence-corrected chi connectivity index (χ3v) is 9.47. The number of nitro benzene ring substituents is 1. The first-order chi connectivity index (χ1) is 20.1. The Hall–Kier alpha value is -2.27. The number of non-ortho nitro benzene ring substituents is 1. The normalized spacial score (nSPS) is 18.0. The number of hydrogen-bond donors (Lipinski definition) is 0. The number of para-hydroxylation sites is 1. The van der Waals surface area contributed by atoms with E-state index in [4.69, 9.17) is 24.1 Å². The van der Waals surface area contributed by atoms with E-state index in [1.54, 1.807) is 10.7 Å². The number of rotatable bonds is 8. The van der Waals surface area contributed by atoms with Gasteiger partial charge in [0.1, 0.15) is 0 Å². The van der Waals surface area contributed by atoms with Crippen molar-refractivity contribution in [3.05, 3.63) is 106 Å². The third-order valence-electron chi connectivity index (χ3n) is 7.64. The van der Waals surface area contributed by atoms with Crippen LogP contribution in [0.5, 0.6) is 5.75 Å². The molecule has 3 aromatic rings. The molecule has 0 radical (unpaired) electrons. The van der Waals surface area contributed by atoms with Crippen molar-refractivity contribution in [1.82, 2.24) is 0 Å². The van der Waals surface area contributed by atoms with Crippen molar-refractivity contribution in [2.24, 2.45) is 0 Å². The molecule has 236 valence electrons. The fraction of sp³-hybridized carbons (Fsp3) is 0.429. The van der Waals surface area contributed by atoms with Crippen LogP contribution in [0, 0.1) is 16.7 Å². The zero-order valence-electron chi connectivity index (χ0n) is 26.7. The smallest absolute Gasteiger partial charge is 0.0145 e. The number of nitro groups is 1. The molecule has 1 aliphatic heterocycles. The first kappa shape index (κ1) is 35.2. The van der Waals surface area contributed by atoms with Gasteiger partial charge >= 0.3 is 112 Å². The molecule has 0 aromatic heterocycles. The van der Waals surface area contributed by atoms with Crippen molar-refractivity contribution in [1.29, 1.82) is 0 Å². The van der Waals surface area contributed by atoms with E-state index >= 15 is 0 Å². The van der Waals surface area contributed by atoms with Gasteiger partial charge in [-0.2, -0.15) is 0 Å². The molecule has 0 bridgehead atoms. The van der Waals surface area contributed by atoms with Gasteiger partial charge in [-0.1, -0.05) is 88.7 Å². The molecule has 0 N–H and O–H groups in total. The molecule has 0 spiro atoms. The van der Waals surface area contributed by atoms with Crippen LogP contribution in [0.15, 0.2) is 66.7 Å². The van der Waals surface area contributed by atoms with Gasteiger partial charge in [-0.05, 0) is 43.2 Å². The van der Waals surface area contributed by atoms with Gasteiger partial charge in [0.05, 0.1) is 0 Å². The van der Waals surface area contributed by atoms with Gasteiger partial charge in [0.15, 0.2) is 0 Å². The van der Waals surface area contributed by atoms with Crippen LogP contribution in [0.2, 0.25) is 0 Å². The molecular formula is C35H45Cl2N2O3Ru-. The van der Waals surface area contributed by atoms with Crippen molar-refractivity contribution < 1.29 is 23.2 Å². The molecule has 4 rings (SSSR count). The number of nitrogens with zero attached hydrogens (tertiary/aromatic N) is 2. The van der Waals surface area contributed by atoms with Crippen molar-refractivity contribution >= 4 is 35.4 Å². The molecule has 1 saturated heterocycles. The predicted octanol–water partition coefficient (Wildman–Crippen LogP) is 10.5. The summed E-state index contributed by atoms with van der Waals surface area (Å²) in [4.78, 5) is 12.8. The van der Waals surface area contributed by atoms with Gasteiger partial charge in [-0.25, -0.2) is 6.54 Å². The van der Waals surface area contributed by atoms with E-state index in [2.05, 4.69) is 108 Å². The Morgan fingerprint density at radius 1 is 0.930 bits per heavy atom. The van der Waals surface area contributed by atoms with Crippen molar-refractivity contribution in [2.45, 2.75) is 97.6 Å². The standard InChI is InChI=1S/C25H34N.C10H11NO3.2ClH.Ru/c1-18(2)21-14-11-15-22(19(3)4)23(21)26-17-25(7,16-24(26,5)6)20-12-9-8-10-13-20;1-7(2)14-10-5-4-9(11(12)13)6-8(10)3;;;/h8-15,17-19H,16H2,1-7H3;3-7H,1-2H3;2*1H;/q-1;;;;+2/p-2/t25-;;;;/m0..../s1. The maximum atomic E-state index is 10.7. The van der Waals surface area contributed by atoms with Crippen LogP contribution in [0.1, 0.15) is 103 Å². The van der Waals surface area contributed by atoms with Crippen LogP contribution in [-0.2, 0) is 18.9 Å². The molecule has 1 aliphatic rings. The van der Waals surface area contributed by atoms with Crippen molar-refractivity contribution in [2.75, 3.05) is 4.90 Å². The summed E-state index contributed by atoms with van der Waals surface area (Å²) in [5, 5.41) is 10.7. The quantitative estimate of drug-likeness (QED) is 0.101. The Morgan fingerprint density at radius 2 is 1.51 bits per heavy atom. The van der Waals surface area contributed by atoms with E-state index in [1.807, 2.05) is 13.8 Å². The predicted molar refractivity (Wildman–Crippen MR) is 180 cm³/mol. The van der Waals surface area contributed by atoms with Gasteiger partial charge < -0.3 is 4.90 Å². The van der Waals surface area contributed by atoms with E-state index < -0.39 is 18.4 Å². The fourth-order valence-corrected chi connectivity index (χ4v) is 7.60. The van der Waals surface area contributed by atoms with Crippen LogP contribution in [0.25, 0.3) is 0 Å². The Bertz CT molecular complexity index is 1410. The zero-order chi connectivity index (χ0) is 32.1. The molecule has 0 amide bonds. The number of ether oxygens (including phenoxy) is 1. The second kappa shape index (κ2) is 14.7. The molecule has 1 fully saturated rings. The van der Waals surface area contributed by atoms with Crippen LogP contribution >= 0.6 is 19.4 Å². The van der Waals surface area contributed by atoms with E-state index in [-0.39, 0.29) is 22.7 Å². The molecule has 1 heterocycles. The van der Waals surface area contributed by atoms with Gasteiger partial charge in [0, 0.05) is 11.2 Å². The minimum Gasteiger partial charge on any atom is -0.517 e. The van der Waals surface area contributed by atoms with E-state index in [0.717, 1.165) is 6.42 Å². The number of benzene rings is 3. The molecule has 3 aromatic carbocycles. The Morgan fingerprint density at radius 3 is 2.00 bits per heavy atom. The molecule has 1 atom stereocenters. The SMILES string of the molecule is CC(C)Oc1ccc([N+](=O)[O-])cc1[CH]=[Ru]([Cl])[Cl].CC(C)c1cccc(C(C)C)c1N1[CH-][C@@](C)(c2ccccc2)CC1(C)C. The van der Waals surface area contributed by atoms with Gasteiger partial charge in [0.25, 0.3) is 0 Å². The molecular weight excluding hydrogens is 668 g/mol. The van der Waals surface area contributed by atoms with Crippen LogP contribution in [0.4, 0.5) is 11.4 Å². The summed E-state index contributed by atoms with van der Waals surface area (Å²) in [7, 11) is 11.6. The minimum absolute atomic E-state index is 0.00360. The summed E-state index contributed by atoms with van der Waals surface area (Å²) in [6, 6.07) is 22.2. The van der Waals surface area contributed by atoms with Crippen LogP contribution in [0.3, 0.4) is 0 Å². The van der Waals surface area contributed by atoms with E-state index in [1.165, 1.54) is 34.5 Å². The van der Waals surface area contributed by atoms with Gasteiger partial charge in [0.2, 0.25) is 0 Å². The monoisotopic (exact) mass is 713 g/mol. The van der Waals surface area contributed by atoms with Crippen molar-refractivity contribution in [3.63, 3.8) is 0 Å². The zero-order valence-corrected chi connectivity index (χ0v) is 29.9. The number of hydrogen-bond acceptors (Lipinski definition) is 4. The summed E-state index contributed by atoms with van der Waals surface area (Å²) in [6.07, 6.45) is 1.10. The Labute approximate surface area is 271 Å². The summed E-state index contributed by atoms with van der Waals surface area (Å²) in [5.41, 5.74) is 6.47. The molecule has 0 unspecified atom stereocenters. The Kier molecular flexibility index (Phi) is 12.0. The Balaban J connectivity index is 0.000000259. The van der Waals surface area contributed by atoms with Crippen LogP contribution in [-0.4, -0.2) is 21.2 Å². The van der Waals surface area contributed by atoms with E-state index in [9.17, 15) is 10.1 Å². The third kappa shape index (κ3) is 8.90.